The van der Waals surface area contributed by atoms with Crippen LogP contribution in [-0.4, -0.2) is 4.99 Å². The van der Waals surface area contributed by atoms with Gasteiger partial charge in [-0.2, -0.15) is 0 Å². The molecule has 0 bridgehead atoms. The average Bonchev–Trinajstić information content (AvgIpc) is 2.38. The smallest absolute Gasteiger partial charge is 0.106 e. The van der Waals surface area contributed by atoms with E-state index in [9.17, 15) is 0 Å². The molecule has 1 N–H and O–H groups in total. The third-order valence-corrected chi connectivity index (χ3v) is 3.18. The lowest BCUT2D eigenvalue weighted by molar-refractivity contribution is 0.929. The molecule has 0 aliphatic heterocycles. The van der Waals surface area contributed by atoms with Crippen LogP contribution in [0.2, 0.25) is 5.02 Å². The highest BCUT2D eigenvalue weighted by Gasteiger charge is 2.02. The molecular formula is C14H12ClNS. The van der Waals surface area contributed by atoms with Crippen LogP contribution in [0.5, 0.6) is 0 Å². The largest absolute Gasteiger partial charge is 0.372 e. The first kappa shape index (κ1) is 12.1. The van der Waals surface area contributed by atoms with Gasteiger partial charge < -0.3 is 5.32 Å². The first-order valence-corrected chi connectivity index (χ1v) is 6.12. The Labute approximate surface area is 111 Å². The minimum Gasteiger partial charge on any atom is -0.372 e. The number of halogens is 1. The quantitative estimate of drug-likeness (QED) is 0.844. The summed E-state index contributed by atoms with van der Waals surface area (Å²) in [5, 5.41) is 3.96. The molecule has 0 radical (unpaired) electrons. The van der Waals surface area contributed by atoms with Crippen molar-refractivity contribution < 1.29 is 0 Å². The van der Waals surface area contributed by atoms with E-state index in [1.807, 2.05) is 54.6 Å². The van der Waals surface area contributed by atoms with Gasteiger partial charge in [0.05, 0.1) is 0 Å². The molecule has 0 saturated carbocycles. The van der Waals surface area contributed by atoms with Crippen molar-refractivity contribution in [3.63, 3.8) is 0 Å². The molecule has 0 aliphatic rings. The molecule has 0 spiro atoms. The highest BCUT2D eigenvalue weighted by atomic mass is 35.5. The van der Waals surface area contributed by atoms with Crippen LogP contribution in [0.25, 0.3) is 0 Å². The number of hydrogen-bond acceptors (Lipinski definition) is 1. The number of benzene rings is 2. The second-order valence-corrected chi connectivity index (χ2v) is 4.46. The summed E-state index contributed by atoms with van der Waals surface area (Å²) in [6.07, 6.45) is 0. The molecule has 2 aromatic carbocycles. The number of rotatable bonds is 3. The van der Waals surface area contributed by atoms with Crippen LogP contribution in [-0.2, 0) is 6.54 Å². The van der Waals surface area contributed by atoms with Crippen LogP contribution >= 0.6 is 23.8 Å². The molecular weight excluding hydrogens is 250 g/mol. The zero-order valence-electron chi connectivity index (χ0n) is 9.19. The van der Waals surface area contributed by atoms with E-state index in [-0.39, 0.29) is 0 Å². The van der Waals surface area contributed by atoms with Crippen LogP contribution in [0, 0.1) is 0 Å². The van der Waals surface area contributed by atoms with Gasteiger partial charge in [-0.3, -0.25) is 0 Å². The van der Waals surface area contributed by atoms with Crippen molar-refractivity contribution in [3.8, 4) is 0 Å². The lowest BCUT2D eigenvalue weighted by Gasteiger charge is -2.09. The van der Waals surface area contributed by atoms with E-state index in [4.69, 9.17) is 23.8 Å². The Morgan fingerprint density at radius 1 is 1.00 bits per heavy atom. The maximum atomic E-state index is 6.07. The third kappa shape index (κ3) is 3.29. The summed E-state index contributed by atoms with van der Waals surface area (Å²) < 4.78 is 0. The summed E-state index contributed by atoms with van der Waals surface area (Å²) in [5.41, 5.74) is 2.07. The lowest BCUT2D eigenvalue weighted by atomic mass is 10.2. The van der Waals surface area contributed by atoms with Crippen LogP contribution in [0.4, 0.5) is 0 Å². The Kier molecular flexibility index (Phi) is 4.13. The molecule has 0 saturated heterocycles. The number of thiocarbonyl (C=S) groups is 1. The van der Waals surface area contributed by atoms with Gasteiger partial charge in [0.15, 0.2) is 0 Å². The van der Waals surface area contributed by atoms with E-state index in [0.29, 0.717) is 6.54 Å². The van der Waals surface area contributed by atoms with Gasteiger partial charge in [0.1, 0.15) is 4.99 Å². The van der Waals surface area contributed by atoms with E-state index >= 15 is 0 Å². The Hall–Kier alpha value is -1.38. The number of hydrogen-bond donors (Lipinski definition) is 1. The van der Waals surface area contributed by atoms with Gasteiger partial charge in [-0.15, -0.1) is 0 Å². The summed E-state index contributed by atoms with van der Waals surface area (Å²) in [4.78, 5) is 0.741. The molecule has 0 aromatic heterocycles. The van der Waals surface area contributed by atoms with Crippen LogP contribution in [0.1, 0.15) is 11.1 Å². The molecule has 0 atom stereocenters. The van der Waals surface area contributed by atoms with E-state index < -0.39 is 0 Å². The summed E-state index contributed by atoms with van der Waals surface area (Å²) in [5.74, 6) is 0. The van der Waals surface area contributed by atoms with Gasteiger partial charge in [0.25, 0.3) is 0 Å². The van der Waals surface area contributed by atoms with Crippen molar-refractivity contribution >= 4 is 28.8 Å². The molecule has 0 amide bonds. The molecule has 0 aliphatic carbocycles. The molecule has 0 heterocycles. The molecule has 17 heavy (non-hydrogen) atoms. The Bertz CT molecular complexity index is 511. The lowest BCUT2D eigenvalue weighted by Crippen LogP contribution is -2.21. The third-order valence-electron chi connectivity index (χ3n) is 2.43. The summed E-state index contributed by atoms with van der Waals surface area (Å²) in [6.45, 7) is 0.646. The van der Waals surface area contributed by atoms with Crippen LogP contribution in [0.15, 0.2) is 54.6 Å². The fourth-order valence-corrected chi connectivity index (χ4v) is 1.92. The van der Waals surface area contributed by atoms with Gasteiger partial charge in [-0.25, -0.2) is 0 Å². The minimum absolute atomic E-state index is 0.646. The summed E-state index contributed by atoms with van der Waals surface area (Å²) in [6, 6.07) is 17.6. The molecule has 0 unspecified atom stereocenters. The van der Waals surface area contributed by atoms with E-state index in [1.165, 1.54) is 0 Å². The van der Waals surface area contributed by atoms with Gasteiger partial charge in [-0.1, -0.05) is 72.3 Å². The predicted molar refractivity (Wildman–Crippen MR) is 76.4 cm³/mol. The molecule has 86 valence electrons. The van der Waals surface area contributed by atoms with E-state index in [1.54, 1.807) is 0 Å². The molecule has 2 rings (SSSR count). The van der Waals surface area contributed by atoms with Gasteiger partial charge in [-0.05, 0) is 11.6 Å². The average molecular weight is 262 g/mol. The molecule has 0 fully saturated rings. The van der Waals surface area contributed by atoms with Crippen molar-refractivity contribution in [3.05, 3.63) is 70.7 Å². The topological polar surface area (TPSA) is 12.0 Å². The van der Waals surface area contributed by atoms with Crippen molar-refractivity contribution in [1.82, 2.24) is 5.32 Å². The summed E-state index contributed by atoms with van der Waals surface area (Å²) >= 11 is 11.4. The molecule has 1 nitrogen and oxygen atoms in total. The maximum Gasteiger partial charge on any atom is 0.106 e. The second-order valence-electron chi connectivity index (χ2n) is 3.64. The molecule has 2 aromatic rings. The van der Waals surface area contributed by atoms with E-state index in [0.717, 1.165) is 21.1 Å². The Morgan fingerprint density at radius 3 is 2.35 bits per heavy atom. The van der Waals surface area contributed by atoms with Crippen molar-refractivity contribution in [2.75, 3.05) is 0 Å². The van der Waals surface area contributed by atoms with Gasteiger partial charge in [0, 0.05) is 17.1 Å². The first-order valence-electron chi connectivity index (χ1n) is 5.34. The highest BCUT2D eigenvalue weighted by Crippen LogP contribution is 2.14. The van der Waals surface area contributed by atoms with Crippen molar-refractivity contribution in [2.24, 2.45) is 0 Å². The Balaban J connectivity index is 2.00. The van der Waals surface area contributed by atoms with Crippen LogP contribution in [0.3, 0.4) is 0 Å². The van der Waals surface area contributed by atoms with Crippen molar-refractivity contribution in [2.45, 2.75) is 6.54 Å². The molecule has 3 heteroatoms. The van der Waals surface area contributed by atoms with E-state index in [2.05, 4.69) is 5.32 Å². The fraction of sp³-hybridized carbons (Fsp3) is 0.0714. The summed E-state index contributed by atoms with van der Waals surface area (Å²) in [7, 11) is 0. The number of nitrogens with one attached hydrogen (secondary N) is 1. The standard InChI is InChI=1S/C14H12ClNS/c15-13-9-5-4-8-12(13)10-16-14(17)11-6-2-1-3-7-11/h1-9H,10H2,(H,16,17). The zero-order valence-corrected chi connectivity index (χ0v) is 10.8. The minimum atomic E-state index is 0.646. The second kappa shape index (κ2) is 5.80. The zero-order chi connectivity index (χ0) is 12.1. The SMILES string of the molecule is S=C(NCc1ccccc1Cl)c1ccccc1. The Morgan fingerprint density at radius 2 is 1.65 bits per heavy atom. The normalized spacial score (nSPS) is 9.94. The first-order chi connectivity index (χ1) is 8.27. The fourth-order valence-electron chi connectivity index (χ4n) is 1.51. The van der Waals surface area contributed by atoms with Crippen molar-refractivity contribution in [1.29, 1.82) is 0 Å². The monoisotopic (exact) mass is 261 g/mol. The van der Waals surface area contributed by atoms with Crippen LogP contribution < -0.4 is 5.32 Å². The maximum absolute atomic E-state index is 6.07. The predicted octanol–water partition coefficient (Wildman–Crippen LogP) is 3.81. The van der Waals surface area contributed by atoms with Gasteiger partial charge >= 0.3 is 0 Å². The highest BCUT2D eigenvalue weighted by molar-refractivity contribution is 7.80. The van der Waals surface area contributed by atoms with Gasteiger partial charge in [0.2, 0.25) is 0 Å².